The predicted octanol–water partition coefficient (Wildman–Crippen LogP) is 1.83. The van der Waals surface area contributed by atoms with E-state index in [2.05, 4.69) is 34.5 Å². The van der Waals surface area contributed by atoms with Gasteiger partial charge in [0.05, 0.1) is 5.75 Å². The Morgan fingerprint density at radius 2 is 1.67 bits per heavy atom. The second kappa shape index (κ2) is 9.17. The quantitative estimate of drug-likeness (QED) is 0.801. The van der Waals surface area contributed by atoms with Crippen molar-refractivity contribution >= 4 is 15.9 Å². The van der Waals surface area contributed by atoms with Gasteiger partial charge in [0.2, 0.25) is 15.9 Å². The minimum Gasteiger partial charge on any atom is -0.353 e. The third-order valence-electron chi connectivity index (χ3n) is 5.77. The minimum absolute atomic E-state index is 0.0596. The SMILES string of the molecule is CCS(=O)(=O)N1CCC(C(=O)NC2CCN(Cc3ccccc3)CC2)CC1. The Hall–Kier alpha value is -1.44. The Bertz CT molecular complexity index is 707. The third-order valence-corrected chi connectivity index (χ3v) is 7.65. The molecule has 0 spiro atoms. The molecule has 2 aliphatic rings. The Morgan fingerprint density at radius 1 is 1.04 bits per heavy atom. The maximum Gasteiger partial charge on any atom is 0.223 e. The van der Waals surface area contributed by atoms with Crippen LogP contribution in [0.3, 0.4) is 0 Å². The highest BCUT2D eigenvalue weighted by molar-refractivity contribution is 7.89. The predicted molar refractivity (Wildman–Crippen MR) is 107 cm³/mol. The van der Waals surface area contributed by atoms with Crippen LogP contribution in [0.5, 0.6) is 0 Å². The van der Waals surface area contributed by atoms with Crippen LogP contribution in [-0.4, -0.2) is 61.5 Å². The number of nitrogens with zero attached hydrogens (tertiary/aromatic N) is 2. The Kier molecular flexibility index (Phi) is 6.89. The number of amides is 1. The molecule has 27 heavy (non-hydrogen) atoms. The van der Waals surface area contributed by atoms with Gasteiger partial charge in [0.1, 0.15) is 0 Å². The number of likely N-dealkylation sites (tertiary alicyclic amines) is 1. The van der Waals surface area contributed by atoms with Crippen molar-refractivity contribution < 1.29 is 13.2 Å². The summed E-state index contributed by atoms with van der Waals surface area (Å²) >= 11 is 0. The molecule has 1 aromatic rings. The molecular weight excluding hydrogens is 362 g/mol. The summed E-state index contributed by atoms with van der Waals surface area (Å²) in [7, 11) is -3.13. The van der Waals surface area contributed by atoms with Crippen molar-refractivity contribution in [2.75, 3.05) is 31.9 Å². The van der Waals surface area contributed by atoms with Crippen LogP contribution in [0, 0.1) is 5.92 Å². The van der Waals surface area contributed by atoms with Gasteiger partial charge < -0.3 is 5.32 Å². The number of hydrogen-bond acceptors (Lipinski definition) is 4. The van der Waals surface area contributed by atoms with Crippen LogP contribution in [0.15, 0.2) is 30.3 Å². The number of sulfonamides is 1. The van der Waals surface area contributed by atoms with Gasteiger partial charge in [-0.05, 0) is 38.2 Å². The molecule has 2 saturated heterocycles. The van der Waals surface area contributed by atoms with Crippen molar-refractivity contribution in [3.63, 3.8) is 0 Å². The van der Waals surface area contributed by atoms with Gasteiger partial charge in [-0.1, -0.05) is 30.3 Å². The molecule has 0 unspecified atom stereocenters. The highest BCUT2D eigenvalue weighted by atomic mass is 32.2. The van der Waals surface area contributed by atoms with E-state index in [-0.39, 0.29) is 23.6 Å². The molecule has 0 radical (unpaired) electrons. The molecule has 0 bridgehead atoms. The van der Waals surface area contributed by atoms with Crippen LogP contribution in [0.4, 0.5) is 0 Å². The first-order valence-corrected chi connectivity index (χ1v) is 11.6. The molecule has 2 heterocycles. The first-order valence-electron chi connectivity index (χ1n) is 10.0. The van der Waals surface area contributed by atoms with E-state index >= 15 is 0 Å². The smallest absolute Gasteiger partial charge is 0.223 e. The fraction of sp³-hybridized carbons (Fsp3) is 0.650. The number of carbonyl (C=O) groups is 1. The average molecular weight is 394 g/mol. The van der Waals surface area contributed by atoms with E-state index in [9.17, 15) is 13.2 Å². The van der Waals surface area contributed by atoms with Gasteiger partial charge in [-0.25, -0.2) is 12.7 Å². The van der Waals surface area contributed by atoms with Gasteiger partial charge in [0.15, 0.2) is 0 Å². The zero-order valence-corrected chi connectivity index (χ0v) is 17.0. The molecule has 0 atom stereocenters. The van der Waals surface area contributed by atoms with Crippen LogP contribution >= 0.6 is 0 Å². The van der Waals surface area contributed by atoms with Crippen molar-refractivity contribution in [2.24, 2.45) is 5.92 Å². The molecule has 0 aliphatic carbocycles. The summed E-state index contributed by atoms with van der Waals surface area (Å²) in [5.41, 5.74) is 1.33. The second-order valence-corrected chi connectivity index (χ2v) is 9.88. The summed E-state index contributed by atoms with van der Waals surface area (Å²) in [6.45, 7) is 5.54. The van der Waals surface area contributed by atoms with Crippen molar-refractivity contribution in [2.45, 2.75) is 45.2 Å². The summed E-state index contributed by atoms with van der Waals surface area (Å²) in [5.74, 6) is 0.173. The minimum atomic E-state index is -3.13. The second-order valence-electron chi connectivity index (χ2n) is 7.62. The van der Waals surface area contributed by atoms with Crippen molar-refractivity contribution in [1.82, 2.24) is 14.5 Å². The maximum absolute atomic E-state index is 12.6. The molecule has 2 fully saturated rings. The lowest BCUT2D eigenvalue weighted by Crippen LogP contribution is -2.48. The van der Waals surface area contributed by atoms with Crippen LogP contribution in [0.2, 0.25) is 0 Å². The first-order chi connectivity index (χ1) is 13.0. The standard InChI is InChI=1S/C20H31N3O3S/c1-2-27(25,26)23-14-8-18(9-15-23)20(24)21-19-10-12-22(13-11-19)16-17-6-4-3-5-7-17/h3-7,18-19H,2,8-16H2,1H3,(H,21,24). The molecule has 0 saturated carbocycles. The van der Waals surface area contributed by atoms with Crippen molar-refractivity contribution in [3.8, 4) is 0 Å². The van der Waals surface area contributed by atoms with E-state index < -0.39 is 10.0 Å². The molecule has 150 valence electrons. The molecule has 7 heteroatoms. The third kappa shape index (κ3) is 5.53. The maximum atomic E-state index is 12.6. The van der Waals surface area contributed by atoms with Gasteiger partial charge in [-0.3, -0.25) is 9.69 Å². The normalized spacial score (nSPS) is 21.2. The number of carbonyl (C=O) groups excluding carboxylic acids is 1. The largest absolute Gasteiger partial charge is 0.353 e. The molecule has 3 rings (SSSR count). The van der Waals surface area contributed by atoms with Gasteiger partial charge in [0, 0.05) is 44.7 Å². The van der Waals surface area contributed by atoms with Crippen LogP contribution in [0.25, 0.3) is 0 Å². The lowest BCUT2D eigenvalue weighted by Gasteiger charge is -2.34. The lowest BCUT2D eigenvalue weighted by molar-refractivity contribution is -0.127. The van der Waals surface area contributed by atoms with E-state index in [1.807, 2.05) is 6.07 Å². The summed E-state index contributed by atoms with van der Waals surface area (Å²) < 4.78 is 25.4. The zero-order valence-electron chi connectivity index (χ0n) is 16.1. The van der Waals surface area contributed by atoms with E-state index in [1.54, 1.807) is 6.92 Å². The van der Waals surface area contributed by atoms with Crippen molar-refractivity contribution in [3.05, 3.63) is 35.9 Å². The van der Waals surface area contributed by atoms with E-state index in [0.29, 0.717) is 25.9 Å². The topological polar surface area (TPSA) is 69.7 Å². The van der Waals surface area contributed by atoms with Crippen molar-refractivity contribution in [1.29, 1.82) is 0 Å². The number of rotatable bonds is 6. The molecule has 2 aliphatic heterocycles. The summed E-state index contributed by atoms with van der Waals surface area (Å²) in [6.07, 6.45) is 3.19. The average Bonchev–Trinajstić information content (AvgIpc) is 2.70. The highest BCUT2D eigenvalue weighted by Gasteiger charge is 2.31. The Morgan fingerprint density at radius 3 is 2.26 bits per heavy atom. The molecule has 1 N–H and O–H groups in total. The van der Waals surface area contributed by atoms with Gasteiger partial charge in [-0.15, -0.1) is 0 Å². The van der Waals surface area contributed by atoms with Crippen LogP contribution < -0.4 is 5.32 Å². The molecule has 6 nitrogen and oxygen atoms in total. The van der Waals surface area contributed by atoms with E-state index in [4.69, 9.17) is 0 Å². The molecule has 0 aromatic heterocycles. The monoisotopic (exact) mass is 393 g/mol. The number of hydrogen-bond donors (Lipinski definition) is 1. The summed E-state index contributed by atoms with van der Waals surface area (Å²) in [6, 6.07) is 10.7. The highest BCUT2D eigenvalue weighted by Crippen LogP contribution is 2.21. The van der Waals surface area contributed by atoms with Gasteiger partial charge in [-0.2, -0.15) is 0 Å². The molecule has 1 amide bonds. The first kappa shape index (κ1) is 20.3. The van der Waals surface area contributed by atoms with E-state index in [1.165, 1.54) is 9.87 Å². The molecule has 1 aromatic carbocycles. The fourth-order valence-electron chi connectivity index (χ4n) is 3.97. The van der Waals surface area contributed by atoms with Gasteiger partial charge in [0.25, 0.3) is 0 Å². The number of benzene rings is 1. The van der Waals surface area contributed by atoms with E-state index in [0.717, 1.165) is 32.5 Å². The zero-order chi connectivity index (χ0) is 19.3. The fourth-order valence-corrected chi connectivity index (χ4v) is 5.11. The number of piperidine rings is 2. The van der Waals surface area contributed by atoms with Crippen LogP contribution in [0.1, 0.15) is 38.2 Å². The summed E-state index contributed by atoms with van der Waals surface area (Å²) in [4.78, 5) is 15.0. The molecular formula is C20H31N3O3S. The van der Waals surface area contributed by atoms with Crippen LogP contribution in [-0.2, 0) is 21.4 Å². The Labute approximate surface area is 163 Å². The lowest BCUT2D eigenvalue weighted by atomic mass is 9.95. The summed E-state index contributed by atoms with van der Waals surface area (Å²) in [5, 5.41) is 3.21. The van der Waals surface area contributed by atoms with Gasteiger partial charge >= 0.3 is 0 Å². The number of nitrogens with one attached hydrogen (secondary N) is 1. The Balaban J connectivity index is 1.40.